The molecule has 0 aliphatic rings. The SMILES string of the molecule is N[SiH3].[O-2].[O-2].[Ti+4]. The molecule has 0 aromatic rings. The van der Waals surface area contributed by atoms with Gasteiger partial charge < -0.3 is 16.4 Å². The second-order valence-corrected chi connectivity index (χ2v) is 0. The molecule has 30 valence electrons. The van der Waals surface area contributed by atoms with Gasteiger partial charge in [-0.25, -0.2) is 0 Å². The van der Waals surface area contributed by atoms with E-state index in [1.165, 1.54) is 0 Å². The van der Waals surface area contributed by atoms with Crippen LogP contribution >= 0.6 is 0 Å². The fraction of sp³-hybridized carbons (Fsp3) is 0. The molecule has 0 rings (SSSR count). The summed E-state index contributed by atoms with van der Waals surface area (Å²) in [5.74, 6) is 0. The second kappa shape index (κ2) is 106. The third kappa shape index (κ3) is 57.8. The first-order valence-corrected chi connectivity index (χ1v) is 1.73. The Balaban J connectivity index is -0.00000000167. The molecule has 0 aliphatic heterocycles. The van der Waals surface area contributed by atoms with Gasteiger partial charge in [-0.2, -0.15) is 0 Å². The summed E-state index contributed by atoms with van der Waals surface area (Å²) < 4.78 is 0. The minimum atomic E-state index is 0. The van der Waals surface area contributed by atoms with E-state index in [1.807, 2.05) is 0 Å². The van der Waals surface area contributed by atoms with Crippen molar-refractivity contribution in [2.24, 2.45) is 5.40 Å². The van der Waals surface area contributed by atoms with Gasteiger partial charge in [-0.15, -0.1) is 0 Å². The maximum atomic E-state index is 4.64. The van der Waals surface area contributed by atoms with Gasteiger partial charge in [-0.3, -0.25) is 0 Å². The second-order valence-electron chi connectivity index (χ2n) is 0. The molecule has 2 N–H and O–H groups in total. The van der Waals surface area contributed by atoms with Crippen LogP contribution < -0.4 is 5.40 Å². The van der Waals surface area contributed by atoms with Crippen molar-refractivity contribution in [3.8, 4) is 0 Å². The van der Waals surface area contributed by atoms with Gasteiger partial charge in [-0.1, -0.05) is 0 Å². The topological polar surface area (TPSA) is 83.0 Å². The van der Waals surface area contributed by atoms with E-state index in [0.29, 0.717) is 0 Å². The molecule has 0 aromatic carbocycles. The summed E-state index contributed by atoms with van der Waals surface area (Å²) in [5, 5.41) is 4.64. The average molecular weight is 127 g/mol. The molecule has 0 heterocycles. The van der Waals surface area contributed by atoms with Gasteiger partial charge in [-0.05, 0) is 0 Å². The van der Waals surface area contributed by atoms with Gasteiger partial charge in [0.15, 0.2) is 0 Å². The fourth-order valence-electron chi connectivity index (χ4n) is 0. The summed E-state index contributed by atoms with van der Waals surface area (Å²) in [4.78, 5) is 0. The van der Waals surface area contributed by atoms with E-state index in [9.17, 15) is 0 Å². The van der Waals surface area contributed by atoms with E-state index in [0.717, 1.165) is 10.4 Å². The van der Waals surface area contributed by atoms with Crippen molar-refractivity contribution < 1.29 is 32.7 Å². The summed E-state index contributed by atoms with van der Waals surface area (Å²) in [6.07, 6.45) is 0. The Hall–Kier alpha value is 0.811. The molecule has 0 spiro atoms. The first kappa shape index (κ1) is 41.0. The van der Waals surface area contributed by atoms with Gasteiger partial charge in [0.05, 0.1) is 10.4 Å². The Morgan fingerprint density at radius 3 is 1.00 bits per heavy atom. The molecule has 0 saturated heterocycles. The van der Waals surface area contributed by atoms with Crippen LogP contribution in [0.5, 0.6) is 0 Å². The van der Waals surface area contributed by atoms with Gasteiger partial charge in [0.1, 0.15) is 0 Å². The van der Waals surface area contributed by atoms with Crippen LogP contribution in [0.1, 0.15) is 0 Å². The molecule has 0 fully saturated rings. The summed E-state index contributed by atoms with van der Waals surface area (Å²) in [6, 6.07) is 0. The molecule has 5 heavy (non-hydrogen) atoms. The first-order chi connectivity index (χ1) is 1.00. The molecule has 0 saturated carbocycles. The van der Waals surface area contributed by atoms with Crippen molar-refractivity contribution >= 4 is 10.4 Å². The van der Waals surface area contributed by atoms with Crippen molar-refractivity contribution in [3.63, 3.8) is 0 Å². The zero-order chi connectivity index (χ0) is 2.00. The Morgan fingerprint density at radius 2 is 1.00 bits per heavy atom. The molecule has 0 aromatic heterocycles. The smallest absolute Gasteiger partial charge is 2.00 e. The minimum Gasteiger partial charge on any atom is -2.00 e. The Labute approximate surface area is 48.9 Å². The maximum absolute atomic E-state index is 4.64. The molecule has 0 radical (unpaired) electrons. The summed E-state index contributed by atoms with van der Waals surface area (Å²) >= 11 is 0. The van der Waals surface area contributed by atoms with E-state index in [2.05, 4.69) is 5.40 Å². The van der Waals surface area contributed by atoms with Crippen molar-refractivity contribution in [1.82, 2.24) is 0 Å². The summed E-state index contributed by atoms with van der Waals surface area (Å²) in [6.45, 7) is 0. The van der Waals surface area contributed by atoms with Crippen molar-refractivity contribution in [2.45, 2.75) is 0 Å². The standard InChI is InChI=1S/H5NSi.2O.Ti/c1-2;;;/h1H2,2H3;;;/q;2*-2;+4. The monoisotopic (exact) mass is 127 g/mol. The van der Waals surface area contributed by atoms with Crippen LogP contribution in [-0.4, -0.2) is 10.4 Å². The van der Waals surface area contributed by atoms with Crippen LogP contribution in [0, 0.1) is 0 Å². The van der Waals surface area contributed by atoms with Gasteiger partial charge in [0.25, 0.3) is 0 Å². The molecule has 0 unspecified atom stereocenters. The molecular formula is H5NO2SiTi. The number of rotatable bonds is 0. The zero-order valence-corrected chi connectivity index (χ0v) is 6.46. The zero-order valence-electron chi connectivity index (χ0n) is 2.89. The number of nitrogens with two attached hydrogens (primary N) is 1. The quantitative estimate of drug-likeness (QED) is 0.374. The van der Waals surface area contributed by atoms with Gasteiger partial charge in [0.2, 0.25) is 0 Å². The van der Waals surface area contributed by atoms with Crippen LogP contribution in [0.3, 0.4) is 0 Å². The molecule has 0 bridgehead atoms. The normalized spacial score (nSPS) is 1.80. The van der Waals surface area contributed by atoms with Crippen LogP contribution in [0.15, 0.2) is 0 Å². The minimum absolute atomic E-state index is 0. The molecule has 3 nitrogen and oxygen atoms in total. The fourth-order valence-corrected chi connectivity index (χ4v) is 0. The molecular weight excluding hydrogens is 122 g/mol. The third-order valence-electron chi connectivity index (χ3n) is 0. The Bertz CT molecular complexity index is 9.61. The number of hydrogen-bond donors (Lipinski definition) is 1. The summed E-state index contributed by atoms with van der Waals surface area (Å²) in [5.41, 5.74) is 0. The Morgan fingerprint density at radius 1 is 1.00 bits per heavy atom. The average Bonchev–Trinajstić information content (AvgIpc) is 1.00. The van der Waals surface area contributed by atoms with Crippen LogP contribution in [0.25, 0.3) is 0 Å². The molecule has 0 amide bonds. The van der Waals surface area contributed by atoms with E-state index in [-0.39, 0.29) is 32.7 Å². The van der Waals surface area contributed by atoms with E-state index in [1.54, 1.807) is 0 Å². The predicted octanol–water partition coefficient (Wildman–Crippen LogP) is -2.01. The van der Waals surface area contributed by atoms with Crippen LogP contribution in [-0.2, 0) is 32.7 Å². The number of hydrogen-bond acceptors (Lipinski definition) is 1. The van der Waals surface area contributed by atoms with Crippen molar-refractivity contribution in [3.05, 3.63) is 0 Å². The van der Waals surface area contributed by atoms with Gasteiger partial charge >= 0.3 is 21.7 Å². The van der Waals surface area contributed by atoms with Crippen LogP contribution in [0.2, 0.25) is 0 Å². The van der Waals surface area contributed by atoms with Gasteiger partial charge in [0, 0.05) is 0 Å². The molecule has 0 atom stereocenters. The largest absolute Gasteiger partial charge is 4.00 e. The van der Waals surface area contributed by atoms with Crippen molar-refractivity contribution in [1.29, 1.82) is 0 Å². The van der Waals surface area contributed by atoms with E-state index in [4.69, 9.17) is 0 Å². The molecule has 0 aliphatic carbocycles. The van der Waals surface area contributed by atoms with Crippen LogP contribution in [0.4, 0.5) is 0 Å². The first-order valence-electron chi connectivity index (χ1n) is 0.577. The Kier molecular flexibility index (Phi) is 871. The third-order valence-corrected chi connectivity index (χ3v) is 0. The van der Waals surface area contributed by atoms with E-state index >= 15 is 0 Å². The molecule has 5 heteroatoms. The van der Waals surface area contributed by atoms with Crippen molar-refractivity contribution in [2.75, 3.05) is 0 Å². The van der Waals surface area contributed by atoms with E-state index < -0.39 is 0 Å². The summed E-state index contributed by atoms with van der Waals surface area (Å²) in [7, 11) is 0.806. The predicted molar refractivity (Wildman–Crippen MR) is 15.5 cm³/mol. The maximum Gasteiger partial charge on any atom is 4.00 e.